The summed E-state index contributed by atoms with van der Waals surface area (Å²) in [5.41, 5.74) is 0.689. The molecule has 0 amide bonds. The molecule has 2 fully saturated rings. The van der Waals surface area contributed by atoms with E-state index in [1.807, 2.05) is 26.8 Å². The monoisotopic (exact) mass is 502 g/mol. The number of aliphatic hydroxyl groups is 6. The minimum absolute atomic E-state index is 0.0211. The van der Waals surface area contributed by atoms with Gasteiger partial charge < -0.3 is 49.6 Å². The molecule has 0 aromatic carbocycles. The molecule has 11 nitrogen and oxygen atoms in total. The Balaban J connectivity index is 1.60. The average molecular weight is 503 g/mol. The summed E-state index contributed by atoms with van der Waals surface area (Å²) < 4.78 is 22.0. The second-order valence-electron chi connectivity index (χ2n) is 10.3. The molecule has 6 N–H and O–H groups in total. The summed E-state index contributed by atoms with van der Waals surface area (Å²) in [5.74, 6) is 0.116. The van der Waals surface area contributed by atoms with Crippen molar-refractivity contribution < 1.29 is 54.4 Å². The zero-order valence-electron chi connectivity index (χ0n) is 20.4. The fourth-order valence-electron chi connectivity index (χ4n) is 4.79. The minimum Gasteiger partial charge on any atom is -0.388 e. The third-order valence-corrected chi connectivity index (χ3v) is 6.82. The number of hydrogen-bond donors (Lipinski definition) is 6. The molecular formula is C24H38O11. The predicted molar refractivity (Wildman–Crippen MR) is 121 cm³/mol. The third kappa shape index (κ3) is 6.55. The molecule has 2 aliphatic heterocycles. The van der Waals surface area contributed by atoms with Crippen molar-refractivity contribution in [3.63, 3.8) is 0 Å². The second-order valence-corrected chi connectivity index (χ2v) is 10.3. The summed E-state index contributed by atoms with van der Waals surface area (Å²) in [6, 6.07) is 0. The maximum Gasteiger partial charge on any atom is 0.187 e. The van der Waals surface area contributed by atoms with Gasteiger partial charge >= 0.3 is 0 Å². The van der Waals surface area contributed by atoms with Gasteiger partial charge in [0.15, 0.2) is 18.4 Å². The summed E-state index contributed by atoms with van der Waals surface area (Å²) in [5, 5.41) is 60.3. The standard InChI is InChI=1S/C24H38O11/c1-11-7-13(25)8-24(3,4)14(11)6-5-12(2)34-23-21(31)19(29)18(28)16(35-23)10-33-22-20(30)17(27)15(26)9-32-22/h5-7,12,14-23,26-31H,8-10H2,1-4H3/t12-,14+,15+,16-,17+,18-,19+,20-,21-,22+,23-/m1/s1. The highest BCUT2D eigenvalue weighted by Gasteiger charge is 2.46. The summed E-state index contributed by atoms with van der Waals surface area (Å²) in [6.07, 6.45) is -7.31. The molecule has 0 saturated carbocycles. The number of hydrogen-bond acceptors (Lipinski definition) is 11. The zero-order valence-corrected chi connectivity index (χ0v) is 20.4. The van der Waals surface area contributed by atoms with Crippen LogP contribution in [-0.2, 0) is 23.7 Å². The van der Waals surface area contributed by atoms with Gasteiger partial charge in [-0.25, -0.2) is 0 Å². The van der Waals surface area contributed by atoms with Crippen molar-refractivity contribution >= 4 is 5.78 Å². The molecule has 0 bridgehead atoms. The van der Waals surface area contributed by atoms with E-state index in [0.717, 1.165) is 5.57 Å². The van der Waals surface area contributed by atoms with Crippen LogP contribution in [0.25, 0.3) is 0 Å². The van der Waals surface area contributed by atoms with Gasteiger partial charge in [0.1, 0.15) is 42.7 Å². The van der Waals surface area contributed by atoms with Crippen molar-refractivity contribution in [2.24, 2.45) is 11.3 Å². The van der Waals surface area contributed by atoms with Crippen molar-refractivity contribution in [1.82, 2.24) is 0 Å². The molecule has 0 aromatic heterocycles. The van der Waals surface area contributed by atoms with Gasteiger partial charge in [0.05, 0.1) is 19.3 Å². The molecule has 3 rings (SSSR count). The van der Waals surface area contributed by atoms with Gasteiger partial charge in [0.2, 0.25) is 0 Å². The molecule has 200 valence electrons. The highest BCUT2D eigenvalue weighted by atomic mass is 16.7. The van der Waals surface area contributed by atoms with Crippen LogP contribution < -0.4 is 0 Å². The molecule has 11 atom stereocenters. The van der Waals surface area contributed by atoms with E-state index < -0.39 is 61.4 Å². The largest absolute Gasteiger partial charge is 0.388 e. The van der Waals surface area contributed by atoms with Crippen molar-refractivity contribution in [3.8, 4) is 0 Å². The Hall–Kier alpha value is -1.25. The SMILES string of the molecule is CC1=CC(=O)CC(C)(C)[C@H]1C=C[C@@H](C)O[C@@H]1O[C@H](CO[C@@H]2OC[C@H](O)[C@H](O)[C@H]2O)[C@@H](O)[C@H](O)[C@H]1O. The van der Waals surface area contributed by atoms with Crippen LogP contribution in [0.15, 0.2) is 23.8 Å². The third-order valence-electron chi connectivity index (χ3n) is 6.82. The van der Waals surface area contributed by atoms with E-state index in [0.29, 0.717) is 6.42 Å². The molecule has 2 saturated heterocycles. The Morgan fingerprint density at radius 1 is 1.06 bits per heavy atom. The van der Waals surface area contributed by atoms with Gasteiger partial charge in [-0.2, -0.15) is 0 Å². The molecule has 0 unspecified atom stereocenters. The smallest absolute Gasteiger partial charge is 0.187 e. The van der Waals surface area contributed by atoms with Crippen molar-refractivity contribution in [2.75, 3.05) is 13.2 Å². The summed E-state index contributed by atoms with van der Waals surface area (Å²) in [6.45, 7) is 7.06. The molecular weight excluding hydrogens is 464 g/mol. The van der Waals surface area contributed by atoms with E-state index >= 15 is 0 Å². The minimum atomic E-state index is -1.59. The Labute approximate surface area is 204 Å². The average Bonchev–Trinajstić information content (AvgIpc) is 2.76. The van der Waals surface area contributed by atoms with Crippen LogP contribution in [0.4, 0.5) is 0 Å². The number of aliphatic hydroxyl groups excluding tert-OH is 6. The van der Waals surface area contributed by atoms with Crippen LogP contribution in [-0.4, -0.2) is 111 Å². The highest BCUT2D eigenvalue weighted by molar-refractivity contribution is 5.92. The molecule has 1 aliphatic carbocycles. The second kappa shape index (κ2) is 11.4. The highest BCUT2D eigenvalue weighted by Crippen LogP contribution is 2.40. The molecule has 3 aliphatic rings. The first-order valence-corrected chi connectivity index (χ1v) is 11.8. The molecule has 0 radical (unpaired) electrons. The first-order valence-electron chi connectivity index (χ1n) is 11.8. The maximum absolute atomic E-state index is 11.9. The van der Waals surface area contributed by atoms with Gasteiger partial charge in [-0.1, -0.05) is 31.6 Å². The first kappa shape index (κ1) is 28.3. The number of carbonyl (C=O) groups is 1. The van der Waals surface area contributed by atoms with Crippen LogP contribution in [0.5, 0.6) is 0 Å². The van der Waals surface area contributed by atoms with Crippen molar-refractivity contribution in [1.29, 1.82) is 0 Å². The van der Waals surface area contributed by atoms with Gasteiger partial charge in [-0.15, -0.1) is 0 Å². The molecule has 35 heavy (non-hydrogen) atoms. The molecule has 0 aromatic rings. The fourth-order valence-corrected chi connectivity index (χ4v) is 4.79. The lowest BCUT2D eigenvalue weighted by Gasteiger charge is -2.42. The van der Waals surface area contributed by atoms with Crippen LogP contribution in [0.1, 0.15) is 34.1 Å². The Morgan fingerprint density at radius 2 is 1.71 bits per heavy atom. The molecule has 2 heterocycles. The lowest BCUT2D eigenvalue weighted by Crippen LogP contribution is -2.60. The number of allylic oxidation sites excluding steroid dienone is 3. The fraction of sp³-hybridized carbons (Fsp3) is 0.792. The van der Waals surface area contributed by atoms with Gasteiger partial charge in [-0.05, 0) is 25.3 Å². The lowest BCUT2D eigenvalue weighted by atomic mass is 9.68. The number of ether oxygens (including phenoxy) is 4. The van der Waals surface area contributed by atoms with E-state index in [4.69, 9.17) is 18.9 Å². The summed E-state index contributed by atoms with van der Waals surface area (Å²) in [7, 11) is 0. The van der Waals surface area contributed by atoms with E-state index in [-0.39, 0.29) is 30.3 Å². The topological polar surface area (TPSA) is 175 Å². The Kier molecular flexibility index (Phi) is 9.25. The predicted octanol–water partition coefficient (Wildman–Crippen LogP) is -1.23. The van der Waals surface area contributed by atoms with E-state index in [2.05, 4.69) is 0 Å². The zero-order chi connectivity index (χ0) is 26.1. The van der Waals surface area contributed by atoms with E-state index in [1.54, 1.807) is 19.1 Å². The van der Waals surface area contributed by atoms with Crippen LogP contribution in [0.3, 0.4) is 0 Å². The number of carbonyl (C=O) groups excluding carboxylic acids is 1. The van der Waals surface area contributed by atoms with E-state index in [9.17, 15) is 35.4 Å². The van der Waals surface area contributed by atoms with Crippen molar-refractivity contribution in [2.45, 2.75) is 95.5 Å². The van der Waals surface area contributed by atoms with E-state index in [1.165, 1.54) is 0 Å². The summed E-state index contributed by atoms with van der Waals surface area (Å²) >= 11 is 0. The van der Waals surface area contributed by atoms with Gasteiger partial charge in [-0.3, -0.25) is 4.79 Å². The Bertz CT molecular complexity index is 796. The number of ketones is 1. The Morgan fingerprint density at radius 3 is 2.37 bits per heavy atom. The normalized spacial score (nSPS) is 43.3. The van der Waals surface area contributed by atoms with Gasteiger partial charge in [0, 0.05) is 12.3 Å². The van der Waals surface area contributed by atoms with Crippen molar-refractivity contribution in [3.05, 3.63) is 23.8 Å². The van der Waals surface area contributed by atoms with Crippen LogP contribution >= 0.6 is 0 Å². The summed E-state index contributed by atoms with van der Waals surface area (Å²) in [4.78, 5) is 11.9. The molecule has 0 spiro atoms. The maximum atomic E-state index is 11.9. The van der Waals surface area contributed by atoms with Crippen LogP contribution in [0, 0.1) is 11.3 Å². The first-order chi connectivity index (χ1) is 16.3. The quantitative estimate of drug-likeness (QED) is 0.230. The van der Waals surface area contributed by atoms with Crippen LogP contribution in [0.2, 0.25) is 0 Å². The molecule has 11 heteroatoms. The van der Waals surface area contributed by atoms with Gasteiger partial charge in [0.25, 0.3) is 0 Å². The lowest BCUT2D eigenvalue weighted by molar-refractivity contribution is -0.324. The number of rotatable bonds is 7.